The third-order valence-corrected chi connectivity index (χ3v) is 6.31. The second-order valence-electron chi connectivity index (χ2n) is 9.17. The molecule has 2 heterocycles. The lowest BCUT2D eigenvalue weighted by molar-refractivity contribution is -0.125. The van der Waals surface area contributed by atoms with Crippen LogP contribution in [0.4, 0.5) is 0 Å². The summed E-state index contributed by atoms with van der Waals surface area (Å²) in [7, 11) is 1.82. The highest BCUT2D eigenvalue weighted by molar-refractivity contribution is 5.92. The van der Waals surface area contributed by atoms with Gasteiger partial charge in [-0.3, -0.25) is 19.2 Å². The summed E-state index contributed by atoms with van der Waals surface area (Å²) >= 11 is 0. The van der Waals surface area contributed by atoms with Crippen LogP contribution >= 0.6 is 0 Å². The Balaban J connectivity index is 1.77. The molecule has 29 heavy (non-hydrogen) atoms. The number of amides is 2. The summed E-state index contributed by atoms with van der Waals surface area (Å²) in [5.74, 6) is 0.614. The van der Waals surface area contributed by atoms with E-state index in [0.29, 0.717) is 37.7 Å². The number of aryl methyl sites for hydroxylation is 1. The lowest BCUT2D eigenvalue weighted by Gasteiger charge is -2.47. The van der Waals surface area contributed by atoms with Crippen LogP contribution < -0.4 is 5.32 Å². The summed E-state index contributed by atoms with van der Waals surface area (Å²) in [6.45, 7) is 8.14. The van der Waals surface area contributed by atoms with Gasteiger partial charge in [0.05, 0.1) is 0 Å². The van der Waals surface area contributed by atoms with Crippen molar-refractivity contribution >= 4 is 11.8 Å². The number of hydrogen-bond donors (Lipinski definition) is 1. The van der Waals surface area contributed by atoms with E-state index in [1.807, 2.05) is 11.9 Å². The summed E-state index contributed by atoms with van der Waals surface area (Å²) in [6.07, 6.45) is 9.16. The van der Waals surface area contributed by atoms with Crippen molar-refractivity contribution in [2.75, 3.05) is 32.7 Å². The number of carbonyl (C=O) groups is 2. The monoisotopic (exact) mass is 403 g/mol. The van der Waals surface area contributed by atoms with Gasteiger partial charge in [0.2, 0.25) is 5.91 Å². The average Bonchev–Trinajstić information content (AvgIpc) is 3.11. The van der Waals surface area contributed by atoms with Crippen LogP contribution in [0.5, 0.6) is 0 Å². The Morgan fingerprint density at radius 1 is 1.17 bits per heavy atom. The molecule has 1 saturated carbocycles. The van der Waals surface area contributed by atoms with E-state index in [9.17, 15) is 9.59 Å². The molecule has 0 atom stereocenters. The first-order valence-corrected chi connectivity index (χ1v) is 11.2. The van der Waals surface area contributed by atoms with Crippen molar-refractivity contribution in [3.8, 4) is 0 Å². The third-order valence-electron chi connectivity index (χ3n) is 6.31. The third kappa shape index (κ3) is 5.59. The Morgan fingerprint density at radius 3 is 2.59 bits per heavy atom. The Kier molecular flexibility index (Phi) is 7.33. The predicted molar refractivity (Wildman–Crippen MR) is 114 cm³/mol. The maximum Gasteiger partial charge on any atom is 0.274 e. The molecule has 0 aromatic carbocycles. The minimum Gasteiger partial charge on any atom is -0.354 e. The fraction of sp³-hybridized carbons (Fsp3) is 0.773. The molecule has 7 heteroatoms. The number of nitrogens with zero attached hydrogens (tertiary/aromatic N) is 4. The minimum absolute atomic E-state index is 0.0211. The number of nitrogens with one attached hydrogen (secondary N) is 1. The Labute approximate surface area is 174 Å². The zero-order valence-corrected chi connectivity index (χ0v) is 18.3. The summed E-state index contributed by atoms with van der Waals surface area (Å²) in [4.78, 5) is 30.1. The molecule has 1 saturated heterocycles. The average molecular weight is 404 g/mol. The summed E-state index contributed by atoms with van der Waals surface area (Å²) in [5, 5.41) is 7.35. The van der Waals surface area contributed by atoms with Crippen molar-refractivity contribution in [1.29, 1.82) is 0 Å². The molecule has 1 aromatic heterocycles. The van der Waals surface area contributed by atoms with Gasteiger partial charge in [-0.05, 0) is 31.2 Å². The standard InChI is InChI=1S/C22H37N5O2/c1-18(2)17-27-13-7-12-26(21(29)19-8-14-25(3)24-19)15-11-23-20(28)16-22(27)9-5-4-6-10-22/h8,14,18H,4-7,9-13,15-17H2,1-3H3,(H,23,28). The number of rotatable bonds is 3. The second-order valence-corrected chi connectivity index (χ2v) is 9.17. The van der Waals surface area contributed by atoms with Crippen LogP contribution in [0.3, 0.4) is 0 Å². The van der Waals surface area contributed by atoms with Crippen molar-refractivity contribution in [2.24, 2.45) is 13.0 Å². The highest BCUT2D eigenvalue weighted by atomic mass is 16.2. The highest BCUT2D eigenvalue weighted by Gasteiger charge is 2.40. The largest absolute Gasteiger partial charge is 0.354 e. The van der Waals surface area contributed by atoms with Gasteiger partial charge >= 0.3 is 0 Å². The van der Waals surface area contributed by atoms with Gasteiger partial charge < -0.3 is 10.2 Å². The quantitative estimate of drug-likeness (QED) is 0.842. The van der Waals surface area contributed by atoms with E-state index in [0.717, 1.165) is 32.4 Å². The van der Waals surface area contributed by atoms with Gasteiger partial charge in [-0.2, -0.15) is 5.10 Å². The van der Waals surface area contributed by atoms with E-state index in [1.165, 1.54) is 19.3 Å². The number of aromatic nitrogens is 2. The van der Waals surface area contributed by atoms with Crippen molar-refractivity contribution in [1.82, 2.24) is 24.9 Å². The van der Waals surface area contributed by atoms with Gasteiger partial charge in [0.1, 0.15) is 5.69 Å². The molecule has 7 nitrogen and oxygen atoms in total. The predicted octanol–water partition coefficient (Wildman–Crippen LogP) is 2.43. The summed E-state index contributed by atoms with van der Waals surface area (Å²) in [5.41, 5.74) is 0.448. The van der Waals surface area contributed by atoms with Crippen LogP contribution in [0.25, 0.3) is 0 Å². The van der Waals surface area contributed by atoms with Crippen molar-refractivity contribution in [3.05, 3.63) is 18.0 Å². The van der Waals surface area contributed by atoms with E-state index in [1.54, 1.807) is 16.9 Å². The lowest BCUT2D eigenvalue weighted by Crippen LogP contribution is -2.54. The van der Waals surface area contributed by atoms with Gasteiger partial charge in [0, 0.05) is 57.9 Å². The zero-order valence-electron chi connectivity index (χ0n) is 18.3. The molecule has 2 amide bonds. The highest BCUT2D eigenvalue weighted by Crippen LogP contribution is 2.37. The second kappa shape index (κ2) is 9.74. The van der Waals surface area contributed by atoms with Crippen LogP contribution in [0.1, 0.15) is 69.3 Å². The molecule has 1 aliphatic heterocycles. The Hall–Kier alpha value is -1.89. The van der Waals surface area contributed by atoms with Crippen LogP contribution in [-0.2, 0) is 11.8 Å². The topological polar surface area (TPSA) is 70.5 Å². The van der Waals surface area contributed by atoms with Gasteiger partial charge in [-0.25, -0.2) is 0 Å². The Morgan fingerprint density at radius 2 is 1.93 bits per heavy atom. The molecule has 3 rings (SSSR count). The first kappa shape index (κ1) is 21.8. The lowest BCUT2D eigenvalue weighted by atomic mass is 9.77. The van der Waals surface area contributed by atoms with Crippen LogP contribution in [0.2, 0.25) is 0 Å². The van der Waals surface area contributed by atoms with Gasteiger partial charge in [0.15, 0.2) is 0 Å². The normalized spacial score (nSPS) is 21.8. The van der Waals surface area contributed by atoms with E-state index in [2.05, 4.69) is 29.2 Å². The number of carbonyl (C=O) groups excluding carboxylic acids is 2. The molecular formula is C22H37N5O2. The molecule has 1 aliphatic carbocycles. The maximum atomic E-state index is 12.9. The van der Waals surface area contributed by atoms with Gasteiger partial charge in [-0.15, -0.1) is 0 Å². The molecule has 162 valence electrons. The van der Waals surface area contributed by atoms with E-state index < -0.39 is 0 Å². The number of hydrogen-bond acceptors (Lipinski definition) is 4. The molecule has 1 N–H and O–H groups in total. The van der Waals surface area contributed by atoms with E-state index in [-0.39, 0.29) is 17.4 Å². The maximum absolute atomic E-state index is 12.9. The van der Waals surface area contributed by atoms with Crippen molar-refractivity contribution in [2.45, 2.75) is 64.3 Å². The van der Waals surface area contributed by atoms with Crippen LogP contribution in [-0.4, -0.2) is 69.7 Å². The fourth-order valence-corrected chi connectivity index (χ4v) is 4.93. The minimum atomic E-state index is -0.0538. The molecule has 1 aromatic rings. The first-order chi connectivity index (χ1) is 13.9. The molecule has 0 radical (unpaired) electrons. The van der Waals surface area contributed by atoms with Crippen molar-refractivity contribution in [3.63, 3.8) is 0 Å². The molecular weight excluding hydrogens is 366 g/mol. The van der Waals surface area contributed by atoms with Gasteiger partial charge in [0.25, 0.3) is 5.91 Å². The SMILES string of the molecule is CC(C)CN1CCCN(C(=O)c2ccn(C)n2)CCNC(=O)CC12CCCCC2. The van der Waals surface area contributed by atoms with Crippen LogP contribution in [0, 0.1) is 5.92 Å². The molecule has 0 bridgehead atoms. The smallest absolute Gasteiger partial charge is 0.274 e. The summed E-state index contributed by atoms with van der Waals surface area (Å²) in [6, 6.07) is 1.76. The summed E-state index contributed by atoms with van der Waals surface area (Å²) < 4.78 is 1.65. The van der Waals surface area contributed by atoms with Crippen molar-refractivity contribution < 1.29 is 9.59 Å². The first-order valence-electron chi connectivity index (χ1n) is 11.2. The molecule has 0 unspecified atom stereocenters. The molecule has 2 aliphatic rings. The Bertz CT molecular complexity index is 693. The van der Waals surface area contributed by atoms with E-state index in [4.69, 9.17) is 0 Å². The molecule has 1 spiro atoms. The van der Waals surface area contributed by atoms with Gasteiger partial charge in [-0.1, -0.05) is 33.1 Å². The molecule has 2 fully saturated rings. The zero-order chi connectivity index (χ0) is 20.9. The fourth-order valence-electron chi connectivity index (χ4n) is 4.93. The van der Waals surface area contributed by atoms with Crippen LogP contribution in [0.15, 0.2) is 12.3 Å². The van der Waals surface area contributed by atoms with E-state index >= 15 is 0 Å².